The monoisotopic (exact) mass is 559 g/mol. The molecule has 0 bridgehead atoms. The minimum absolute atomic E-state index is 0.0859. The summed E-state index contributed by atoms with van der Waals surface area (Å²) in [5.41, 5.74) is 0.827. The van der Waals surface area contributed by atoms with E-state index in [1.807, 2.05) is 29.2 Å². The van der Waals surface area contributed by atoms with Crippen molar-refractivity contribution in [1.82, 2.24) is 14.8 Å². The lowest BCUT2D eigenvalue weighted by Crippen LogP contribution is -2.70. The normalized spacial score (nSPS) is 24.8. The SMILES string of the molecule is CN1C[C@@](C)(c2cc(F)cc(F)c2)N(CC(=O)Nc2ccc3c(c2)C[C@@]2(C3)C(=O)Nc3ncccc32)C(=O)C1(C)C. The average molecular weight is 560 g/mol. The Balaban J connectivity index is 1.25. The number of halogens is 2. The molecule has 41 heavy (non-hydrogen) atoms. The van der Waals surface area contributed by atoms with Crippen LogP contribution in [0.1, 0.15) is 43.0 Å². The zero-order valence-electron chi connectivity index (χ0n) is 23.3. The molecular formula is C31H31F2N5O3. The van der Waals surface area contributed by atoms with Gasteiger partial charge in [0.15, 0.2) is 0 Å². The van der Waals surface area contributed by atoms with Crippen molar-refractivity contribution in [3.63, 3.8) is 0 Å². The quantitative estimate of drug-likeness (QED) is 0.508. The highest BCUT2D eigenvalue weighted by Crippen LogP contribution is 2.47. The topological polar surface area (TPSA) is 94.6 Å². The van der Waals surface area contributed by atoms with E-state index in [0.29, 0.717) is 24.3 Å². The van der Waals surface area contributed by atoms with Gasteiger partial charge in [-0.05, 0) is 87.7 Å². The maximum absolute atomic E-state index is 14.2. The van der Waals surface area contributed by atoms with E-state index in [2.05, 4.69) is 15.6 Å². The highest BCUT2D eigenvalue weighted by molar-refractivity contribution is 6.06. The predicted octanol–water partition coefficient (Wildman–Crippen LogP) is 3.76. The van der Waals surface area contributed by atoms with E-state index in [4.69, 9.17) is 0 Å². The largest absolute Gasteiger partial charge is 0.325 e. The number of pyridine rings is 1. The number of likely N-dealkylation sites (N-methyl/N-ethyl adjacent to an activating group) is 1. The number of carbonyl (C=O) groups excluding carboxylic acids is 3. The summed E-state index contributed by atoms with van der Waals surface area (Å²) in [4.78, 5) is 47.7. The number of hydrogen-bond acceptors (Lipinski definition) is 5. The zero-order chi connectivity index (χ0) is 29.3. The van der Waals surface area contributed by atoms with E-state index in [0.717, 1.165) is 22.8 Å². The van der Waals surface area contributed by atoms with Crippen LogP contribution in [0.3, 0.4) is 0 Å². The van der Waals surface area contributed by atoms with Gasteiger partial charge in [-0.2, -0.15) is 0 Å². The molecule has 0 saturated carbocycles. The third-order valence-corrected chi connectivity index (χ3v) is 9.11. The van der Waals surface area contributed by atoms with Crippen LogP contribution in [0.15, 0.2) is 54.7 Å². The summed E-state index contributed by atoms with van der Waals surface area (Å²) in [6.45, 7) is 5.19. The van der Waals surface area contributed by atoms with Crippen LogP contribution in [0, 0.1) is 11.6 Å². The smallest absolute Gasteiger partial charge is 0.244 e. The van der Waals surface area contributed by atoms with Crippen molar-refractivity contribution in [2.75, 3.05) is 30.8 Å². The zero-order valence-corrected chi connectivity index (χ0v) is 23.3. The average Bonchev–Trinajstić information content (AvgIpc) is 3.42. The molecule has 1 fully saturated rings. The van der Waals surface area contributed by atoms with Gasteiger partial charge >= 0.3 is 0 Å². The van der Waals surface area contributed by atoms with Gasteiger partial charge in [0.05, 0.1) is 16.5 Å². The van der Waals surface area contributed by atoms with Crippen LogP contribution in [0.2, 0.25) is 0 Å². The van der Waals surface area contributed by atoms with Crippen molar-refractivity contribution < 1.29 is 23.2 Å². The number of rotatable bonds is 4. The Kier molecular flexibility index (Phi) is 6.04. The Morgan fingerprint density at radius 3 is 2.46 bits per heavy atom. The molecule has 1 aromatic heterocycles. The number of hydrogen-bond donors (Lipinski definition) is 2. The molecule has 1 aliphatic carbocycles. The number of nitrogens with zero attached hydrogens (tertiary/aromatic N) is 3. The molecule has 0 unspecified atom stereocenters. The van der Waals surface area contributed by atoms with Crippen LogP contribution in [-0.2, 0) is 38.2 Å². The molecule has 2 atom stereocenters. The van der Waals surface area contributed by atoms with E-state index < -0.39 is 34.0 Å². The van der Waals surface area contributed by atoms with E-state index in [1.165, 1.54) is 17.0 Å². The molecule has 0 radical (unpaired) electrons. The first-order valence-electron chi connectivity index (χ1n) is 13.5. The van der Waals surface area contributed by atoms with Crippen molar-refractivity contribution in [3.05, 3.63) is 88.6 Å². The first kappa shape index (κ1) is 27.0. The minimum Gasteiger partial charge on any atom is -0.325 e. The molecule has 1 saturated heterocycles. The third kappa shape index (κ3) is 4.20. The molecular weight excluding hydrogens is 528 g/mol. The molecule has 8 nitrogen and oxygen atoms in total. The summed E-state index contributed by atoms with van der Waals surface area (Å²) < 4.78 is 28.5. The fraction of sp³-hybridized carbons (Fsp3) is 0.355. The molecule has 10 heteroatoms. The number of aromatic nitrogens is 1. The molecule has 3 aliphatic rings. The molecule has 6 rings (SSSR count). The Labute approximate surface area is 236 Å². The second kappa shape index (κ2) is 9.17. The summed E-state index contributed by atoms with van der Waals surface area (Å²) >= 11 is 0. The van der Waals surface area contributed by atoms with Crippen molar-refractivity contribution in [2.24, 2.45) is 0 Å². The van der Waals surface area contributed by atoms with Crippen molar-refractivity contribution >= 4 is 29.2 Å². The highest BCUT2D eigenvalue weighted by atomic mass is 19.1. The standard InChI is InChI=1S/C31H31F2N5O3/c1-29(2)28(41)38(30(3,17-37(29)4)20-11-21(32)13-22(33)12-20)16-25(39)35-23-8-7-18-14-31(15-19(18)10-23)24-6-5-9-34-26(24)36-27(31)40/h5-13H,14-17H2,1-4H3,(H,35,39)(H,34,36,40)/t30-,31+/m0/s1. The summed E-state index contributed by atoms with van der Waals surface area (Å²) in [7, 11) is 1.78. The van der Waals surface area contributed by atoms with Crippen LogP contribution < -0.4 is 10.6 Å². The number of carbonyl (C=O) groups is 3. The van der Waals surface area contributed by atoms with Gasteiger partial charge in [-0.15, -0.1) is 0 Å². The van der Waals surface area contributed by atoms with E-state index in [1.54, 1.807) is 40.1 Å². The second-order valence-electron chi connectivity index (χ2n) is 12.1. The first-order valence-corrected chi connectivity index (χ1v) is 13.5. The Hall–Kier alpha value is -4.18. The summed E-state index contributed by atoms with van der Waals surface area (Å²) in [5.74, 6) is -1.78. The highest BCUT2D eigenvalue weighted by Gasteiger charge is 2.52. The Morgan fingerprint density at radius 1 is 1.02 bits per heavy atom. The maximum atomic E-state index is 14.2. The van der Waals surface area contributed by atoms with Gasteiger partial charge in [-0.1, -0.05) is 12.1 Å². The van der Waals surface area contributed by atoms with Crippen LogP contribution in [0.25, 0.3) is 0 Å². The Bertz CT molecular complexity index is 1600. The second-order valence-corrected chi connectivity index (χ2v) is 12.1. The lowest BCUT2D eigenvalue weighted by Gasteiger charge is -2.54. The molecule has 212 valence electrons. The number of fused-ring (bicyclic) bond motifs is 3. The fourth-order valence-corrected chi connectivity index (χ4v) is 6.51. The molecule has 3 aromatic rings. The summed E-state index contributed by atoms with van der Waals surface area (Å²) in [5, 5.41) is 5.78. The van der Waals surface area contributed by atoms with Gasteiger partial charge in [0, 0.05) is 30.1 Å². The van der Waals surface area contributed by atoms with Crippen LogP contribution in [0.4, 0.5) is 20.3 Å². The lowest BCUT2D eigenvalue weighted by molar-refractivity contribution is -0.162. The molecule has 1 spiro atoms. The summed E-state index contributed by atoms with van der Waals surface area (Å²) in [6.07, 6.45) is 2.66. The lowest BCUT2D eigenvalue weighted by atomic mass is 9.79. The number of anilines is 2. The summed E-state index contributed by atoms with van der Waals surface area (Å²) in [6, 6.07) is 12.5. The van der Waals surface area contributed by atoms with Crippen molar-refractivity contribution in [1.29, 1.82) is 0 Å². The van der Waals surface area contributed by atoms with Crippen LogP contribution in [0.5, 0.6) is 0 Å². The van der Waals surface area contributed by atoms with Gasteiger partial charge in [0.25, 0.3) is 0 Å². The molecule has 2 aliphatic heterocycles. The minimum atomic E-state index is -1.16. The third-order valence-electron chi connectivity index (χ3n) is 9.11. The molecule has 2 N–H and O–H groups in total. The Morgan fingerprint density at radius 2 is 1.73 bits per heavy atom. The van der Waals surface area contributed by atoms with Gasteiger partial charge < -0.3 is 15.5 Å². The van der Waals surface area contributed by atoms with E-state index in [9.17, 15) is 23.2 Å². The van der Waals surface area contributed by atoms with Gasteiger partial charge in [-0.25, -0.2) is 13.8 Å². The maximum Gasteiger partial charge on any atom is 0.244 e. The molecule has 2 aromatic carbocycles. The fourth-order valence-electron chi connectivity index (χ4n) is 6.51. The van der Waals surface area contributed by atoms with Crippen molar-refractivity contribution in [2.45, 2.75) is 50.1 Å². The number of nitrogens with one attached hydrogen (secondary N) is 2. The van der Waals surface area contributed by atoms with E-state index in [-0.39, 0.29) is 30.5 Å². The van der Waals surface area contributed by atoms with Crippen molar-refractivity contribution in [3.8, 4) is 0 Å². The van der Waals surface area contributed by atoms with Gasteiger partial charge in [-0.3, -0.25) is 19.3 Å². The van der Waals surface area contributed by atoms with Crippen LogP contribution >= 0.6 is 0 Å². The number of benzene rings is 2. The van der Waals surface area contributed by atoms with Gasteiger partial charge in [0.2, 0.25) is 17.7 Å². The van der Waals surface area contributed by atoms with Crippen LogP contribution in [-0.4, -0.2) is 58.2 Å². The molecule has 3 amide bonds. The predicted molar refractivity (Wildman–Crippen MR) is 149 cm³/mol. The van der Waals surface area contributed by atoms with Gasteiger partial charge in [0.1, 0.15) is 24.0 Å². The molecule has 3 heterocycles. The number of piperazine rings is 1. The first-order chi connectivity index (χ1) is 19.3. The van der Waals surface area contributed by atoms with E-state index >= 15 is 0 Å². The number of amides is 3.